The quantitative estimate of drug-likeness (QED) is 0.868. The molecule has 6 heteroatoms. The number of nitrogens with zero attached hydrogens (tertiary/aromatic N) is 3. The van der Waals surface area contributed by atoms with Crippen LogP contribution in [0.2, 0.25) is 0 Å². The molecule has 2 N–H and O–H groups in total. The zero-order valence-corrected chi connectivity index (χ0v) is 13.8. The number of carboxylic acid groups (broad SMARTS) is 1. The Morgan fingerprint density at radius 3 is 2.83 bits per heavy atom. The van der Waals surface area contributed by atoms with E-state index in [9.17, 15) is 4.79 Å². The Balaban J connectivity index is 1.51. The highest BCUT2D eigenvalue weighted by molar-refractivity contribution is 5.88. The van der Waals surface area contributed by atoms with E-state index in [2.05, 4.69) is 20.2 Å². The molecule has 1 aliphatic heterocycles. The predicted molar refractivity (Wildman–Crippen MR) is 88.8 cm³/mol. The third-order valence-electron chi connectivity index (χ3n) is 5.06. The molecule has 126 valence electrons. The van der Waals surface area contributed by atoms with Gasteiger partial charge in [0.15, 0.2) is 0 Å². The molecule has 0 amide bonds. The number of nitrogens with one attached hydrogen (secondary N) is 1. The second-order valence-corrected chi connectivity index (χ2v) is 6.89. The van der Waals surface area contributed by atoms with Crippen molar-refractivity contribution in [3.8, 4) is 0 Å². The zero-order chi connectivity index (χ0) is 16.2. The number of likely N-dealkylation sites (tertiary alicyclic amines) is 1. The highest BCUT2D eigenvalue weighted by Gasteiger charge is 2.26. The molecule has 2 fully saturated rings. The van der Waals surface area contributed by atoms with Crippen LogP contribution < -0.4 is 5.32 Å². The lowest BCUT2D eigenvalue weighted by Crippen LogP contribution is -2.31. The van der Waals surface area contributed by atoms with E-state index < -0.39 is 5.97 Å². The lowest BCUT2D eigenvalue weighted by Gasteiger charge is -2.26. The lowest BCUT2D eigenvalue weighted by molar-refractivity contribution is 0.0695. The number of aryl methyl sites for hydroxylation is 1. The molecule has 0 spiro atoms. The number of hydrogen-bond donors (Lipinski definition) is 2. The van der Waals surface area contributed by atoms with Crippen LogP contribution in [-0.2, 0) is 0 Å². The number of aromatic nitrogens is 2. The number of anilines is 1. The maximum atomic E-state index is 11.0. The van der Waals surface area contributed by atoms with Crippen molar-refractivity contribution in [3.05, 3.63) is 17.5 Å². The number of carboxylic acids is 1. The van der Waals surface area contributed by atoms with Crippen molar-refractivity contribution < 1.29 is 9.90 Å². The Morgan fingerprint density at radius 1 is 1.35 bits per heavy atom. The molecule has 6 nitrogen and oxygen atoms in total. The van der Waals surface area contributed by atoms with Gasteiger partial charge in [-0.3, -0.25) is 0 Å². The summed E-state index contributed by atoms with van der Waals surface area (Å²) in [5.74, 6) is 0.432. The zero-order valence-electron chi connectivity index (χ0n) is 13.8. The van der Waals surface area contributed by atoms with Crippen molar-refractivity contribution in [2.24, 2.45) is 5.92 Å². The van der Waals surface area contributed by atoms with E-state index in [-0.39, 0.29) is 5.56 Å². The van der Waals surface area contributed by atoms with Gasteiger partial charge in [0.2, 0.25) is 5.95 Å². The van der Waals surface area contributed by atoms with Crippen molar-refractivity contribution in [2.45, 2.75) is 51.5 Å². The third-order valence-corrected chi connectivity index (χ3v) is 5.06. The highest BCUT2D eigenvalue weighted by atomic mass is 16.4. The summed E-state index contributed by atoms with van der Waals surface area (Å²) in [6.45, 7) is 5.08. The minimum Gasteiger partial charge on any atom is -0.478 e. The molecule has 1 aliphatic carbocycles. The summed E-state index contributed by atoms with van der Waals surface area (Å²) in [6.07, 6.45) is 9.44. The van der Waals surface area contributed by atoms with Crippen LogP contribution in [0.4, 0.5) is 5.95 Å². The summed E-state index contributed by atoms with van der Waals surface area (Å²) in [4.78, 5) is 22.0. The second kappa shape index (κ2) is 7.25. The van der Waals surface area contributed by atoms with Crippen LogP contribution in [-0.4, -0.2) is 51.6 Å². The first-order chi connectivity index (χ1) is 11.1. The average molecular weight is 318 g/mol. The summed E-state index contributed by atoms with van der Waals surface area (Å²) in [7, 11) is 0. The van der Waals surface area contributed by atoms with Crippen LogP contribution in [0.5, 0.6) is 0 Å². The van der Waals surface area contributed by atoms with E-state index in [4.69, 9.17) is 5.11 Å². The van der Waals surface area contributed by atoms with Crippen LogP contribution in [0.25, 0.3) is 0 Å². The lowest BCUT2D eigenvalue weighted by atomic mass is 9.89. The SMILES string of the molecule is Cc1nc(N[C@@H]2CCN(CC3CCCCC3)C2)ncc1C(=O)O. The van der Waals surface area contributed by atoms with Crippen molar-refractivity contribution in [1.82, 2.24) is 14.9 Å². The largest absolute Gasteiger partial charge is 0.478 e. The van der Waals surface area contributed by atoms with Crippen molar-refractivity contribution in [3.63, 3.8) is 0 Å². The van der Waals surface area contributed by atoms with Gasteiger partial charge in [-0.2, -0.15) is 0 Å². The van der Waals surface area contributed by atoms with Crippen LogP contribution in [0.15, 0.2) is 6.20 Å². The van der Waals surface area contributed by atoms with Crippen LogP contribution in [0.3, 0.4) is 0 Å². The first kappa shape index (κ1) is 16.2. The maximum absolute atomic E-state index is 11.0. The smallest absolute Gasteiger partial charge is 0.339 e. The number of aromatic carboxylic acids is 1. The van der Waals surface area contributed by atoms with E-state index in [0.29, 0.717) is 17.7 Å². The number of carbonyl (C=O) groups is 1. The minimum absolute atomic E-state index is 0.167. The van der Waals surface area contributed by atoms with Gasteiger partial charge >= 0.3 is 5.97 Å². The Bertz CT molecular complexity index is 558. The fourth-order valence-corrected chi connectivity index (χ4v) is 3.78. The Morgan fingerprint density at radius 2 is 2.13 bits per heavy atom. The van der Waals surface area contributed by atoms with Crippen LogP contribution >= 0.6 is 0 Å². The van der Waals surface area contributed by atoms with E-state index in [1.807, 2.05) is 0 Å². The molecule has 1 saturated carbocycles. The van der Waals surface area contributed by atoms with E-state index in [1.165, 1.54) is 44.8 Å². The van der Waals surface area contributed by atoms with Gasteiger partial charge in [-0.15, -0.1) is 0 Å². The Kier molecular flexibility index (Phi) is 5.10. The molecule has 1 atom stereocenters. The number of rotatable bonds is 5. The molecule has 1 saturated heterocycles. The predicted octanol–water partition coefficient (Wildman–Crippen LogP) is 2.55. The Labute approximate surface area is 137 Å². The van der Waals surface area contributed by atoms with E-state index in [0.717, 1.165) is 25.4 Å². The maximum Gasteiger partial charge on any atom is 0.339 e. The summed E-state index contributed by atoms with van der Waals surface area (Å²) >= 11 is 0. The molecule has 3 rings (SSSR count). The molecule has 0 bridgehead atoms. The molecule has 0 aromatic carbocycles. The first-order valence-corrected chi connectivity index (χ1v) is 8.67. The topological polar surface area (TPSA) is 78.4 Å². The van der Waals surface area contributed by atoms with Gasteiger partial charge in [-0.1, -0.05) is 19.3 Å². The monoisotopic (exact) mass is 318 g/mol. The van der Waals surface area contributed by atoms with Gasteiger partial charge < -0.3 is 15.3 Å². The van der Waals surface area contributed by atoms with Crippen LogP contribution in [0, 0.1) is 12.8 Å². The van der Waals surface area contributed by atoms with Gasteiger partial charge in [0.25, 0.3) is 0 Å². The summed E-state index contributed by atoms with van der Waals surface area (Å²) in [5.41, 5.74) is 0.674. The summed E-state index contributed by atoms with van der Waals surface area (Å²) in [5, 5.41) is 12.4. The number of hydrogen-bond acceptors (Lipinski definition) is 5. The Hall–Kier alpha value is -1.69. The van der Waals surface area contributed by atoms with Crippen molar-refractivity contribution in [2.75, 3.05) is 25.0 Å². The second-order valence-electron chi connectivity index (χ2n) is 6.89. The van der Waals surface area contributed by atoms with Crippen LogP contribution in [0.1, 0.15) is 54.6 Å². The van der Waals surface area contributed by atoms with Gasteiger partial charge in [0.1, 0.15) is 0 Å². The molecule has 1 aromatic rings. The van der Waals surface area contributed by atoms with E-state index in [1.54, 1.807) is 6.92 Å². The standard InChI is InChI=1S/C17H26N4O2/c1-12-15(16(22)23)9-18-17(19-12)20-14-7-8-21(11-14)10-13-5-3-2-4-6-13/h9,13-14H,2-8,10-11H2,1H3,(H,22,23)(H,18,19,20)/t14-/m1/s1. The van der Waals surface area contributed by atoms with Gasteiger partial charge in [0, 0.05) is 31.9 Å². The highest BCUT2D eigenvalue weighted by Crippen LogP contribution is 2.26. The molecule has 0 unspecified atom stereocenters. The molecular formula is C17H26N4O2. The molecule has 0 radical (unpaired) electrons. The summed E-state index contributed by atoms with van der Waals surface area (Å²) < 4.78 is 0. The van der Waals surface area contributed by atoms with E-state index >= 15 is 0 Å². The van der Waals surface area contributed by atoms with Crippen molar-refractivity contribution >= 4 is 11.9 Å². The molecule has 2 aliphatic rings. The van der Waals surface area contributed by atoms with Crippen molar-refractivity contribution in [1.29, 1.82) is 0 Å². The fraction of sp³-hybridized carbons (Fsp3) is 0.706. The molecule has 1 aromatic heterocycles. The fourth-order valence-electron chi connectivity index (χ4n) is 3.78. The van der Waals surface area contributed by atoms with Gasteiger partial charge in [-0.05, 0) is 32.1 Å². The molecular weight excluding hydrogens is 292 g/mol. The third kappa shape index (κ3) is 4.19. The van der Waals surface area contributed by atoms with Gasteiger partial charge in [0.05, 0.1) is 11.3 Å². The average Bonchev–Trinajstić information content (AvgIpc) is 2.95. The first-order valence-electron chi connectivity index (χ1n) is 8.67. The summed E-state index contributed by atoms with van der Waals surface area (Å²) in [6, 6.07) is 0.355. The molecule has 23 heavy (non-hydrogen) atoms. The van der Waals surface area contributed by atoms with Gasteiger partial charge in [-0.25, -0.2) is 14.8 Å². The molecule has 2 heterocycles. The normalized spacial score (nSPS) is 23.1. The minimum atomic E-state index is -0.978.